The summed E-state index contributed by atoms with van der Waals surface area (Å²) in [5.74, 6) is -0.306. The topological polar surface area (TPSA) is 72.5 Å². The molecule has 0 aliphatic carbocycles. The van der Waals surface area contributed by atoms with Gasteiger partial charge in [-0.15, -0.1) is 12.4 Å². The van der Waals surface area contributed by atoms with Crippen LogP contribution in [0.25, 0.3) is 0 Å². The fourth-order valence-electron chi connectivity index (χ4n) is 0.997. The number of ether oxygens (including phenoxy) is 1. The molecule has 0 rings (SSSR count). The molecule has 0 fully saturated rings. The van der Waals surface area contributed by atoms with Crippen LogP contribution in [0, 0.1) is 11.8 Å². The van der Waals surface area contributed by atoms with E-state index in [4.69, 9.17) is 5.73 Å². The maximum atomic E-state index is 11.0. The first-order valence-electron chi connectivity index (χ1n) is 4.43. The van der Waals surface area contributed by atoms with Gasteiger partial charge < -0.3 is 15.6 Å². The van der Waals surface area contributed by atoms with E-state index in [1.54, 1.807) is 0 Å². The van der Waals surface area contributed by atoms with Crippen molar-refractivity contribution in [3.63, 3.8) is 0 Å². The number of aliphatic hydroxyl groups is 1. The van der Waals surface area contributed by atoms with Gasteiger partial charge in [-0.1, -0.05) is 20.8 Å². The summed E-state index contributed by atoms with van der Waals surface area (Å²) < 4.78 is 4.44. The van der Waals surface area contributed by atoms with Gasteiger partial charge in [0.15, 0.2) is 0 Å². The third-order valence-electron chi connectivity index (χ3n) is 2.43. The van der Waals surface area contributed by atoms with Gasteiger partial charge in [0.25, 0.3) is 0 Å². The van der Waals surface area contributed by atoms with Crippen molar-refractivity contribution in [2.75, 3.05) is 7.11 Å². The van der Waals surface area contributed by atoms with Crippen molar-refractivity contribution in [3.05, 3.63) is 0 Å². The number of methoxy groups -OCH3 is 1. The van der Waals surface area contributed by atoms with Gasteiger partial charge in [-0.2, -0.15) is 0 Å². The van der Waals surface area contributed by atoms with Crippen LogP contribution in [0.1, 0.15) is 20.8 Å². The summed E-state index contributed by atoms with van der Waals surface area (Å²) in [4.78, 5) is 11.0. The number of carbonyl (C=O) groups excluding carboxylic acids is 1. The molecule has 0 radical (unpaired) electrons. The summed E-state index contributed by atoms with van der Waals surface area (Å²) in [6, 6.07) is -0.942. The second-order valence-corrected chi connectivity index (χ2v) is 3.64. The lowest BCUT2D eigenvalue weighted by atomic mass is 9.88. The standard InChI is InChI=1S/C9H19NO3.ClH/c1-5(2)6(3)8(11)7(10)9(12)13-4;/h5-8,11H,10H2,1-4H3;1H/t6-,7-,8-;/m1./s1. The second kappa shape index (κ2) is 7.04. The molecule has 3 N–H and O–H groups in total. The number of carbonyl (C=O) groups is 1. The smallest absolute Gasteiger partial charge is 0.325 e. The molecule has 0 aliphatic heterocycles. The largest absolute Gasteiger partial charge is 0.468 e. The number of halogens is 1. The van der Waals surface area contributed by atoms with Crippen molar-refractivity contribution in [3.8, 4) is 0 Å². The van der Waals surface area contributed by atoms with E-state index in [1.807, 2.05) is 20.8 Å². The molecule has 0 aromatic heterocycles. The lowest BCUT2D eigenvalue weighted by molar-refractivity contribution is -0.146. The van der Waals surface area contributed by atoms with Gasteiger partial charge in [0.1, 0.15) is 6.04 Å². The highest BCUT2D eigenvalue weighted by atomic mass is 35.5. The number of nitrogens with two attached hydrogens (primary N) is 1. The van der Waals surface area contributed by atoms with E-state index in [0.29, 0.717) is 0 Å². The molecule has 0 aromatic rings. The maximum absolute atomic E-state index is 11.0. The first-order valence-corrected chi connectivity index (χ1v) is 4.43. The first-order chi connectivity index (χ1) is 5.91. The summed E-state index contributed by atoms with van der Waals surface area (Å²) in [6.07, 6.45) is -0.840. The van der Waals surface area contributed by atoms with Crippen molar-refractivity contribution in [1.29, 1.82) is 0 Å². The minimum absolute atomic E-state index is 0. The average molecular weight is 226 g/mol. The molecule has 0 heterocycles. The molecule has 0 aliphatic rings. The fourth-order valence-corrected chi connectivity index (χ4v) is 0.997. The van der Waals surface area contributed by atoms with E-state index >= 15 is 0 Å². The van der Waals surface area contributed by atoms with E-state index in [0.717, 1.165) is 0 Å². The average Bonchev–Trinajstić information content (AvgIpc) is 2.12. The zero-order valence-electron chi connectivity index (χ0n) is 9.06. The predicted molar refractivity (Wildman–Crippen MR) is 57.2 cm³/mol. The van der Waals surface area contributed by atoms with Crippen LogP contribution in [-0.2, 0) is 9.53 Å². The van der Waals surface area contributed by atoms with E-state index in [9.17, 15) is 9.90 Å². The van der Waals surface area contributed by atoms with Crippen molar-refractivity contribution in [2.24, 2.45) is 17.6 Å². The number of esters is 1. The zero-order chi connectivity index (χ0) is 10.6. The number of hydrogen-bond acceptors (Lipinski definition) is 4. The molecule has 0 saturated heterocycles. The van der Waals surface area contributed by atoms with E-state index in [2.05, 4.69) is 4.74 Å². The Kier molecular flexibility index (Phi) is 8.10. The summed E-state index contributed by atoms with van der Waals surface area (Å²) in [7, 11) is 1.26. The van der Waals surface area contributed by atoms with Gasteiger partial charge in [0, 0.05) is 0 Å². The van der Waals surface area contributed by atoms with Gasteiger partial charge in [0.05, 0.1) is 13.2 Å². The van der Waals surface area contributed by atoms with Crippen LogP contribution in [0.5, 0.6) is 0 Å². The Morgan fingerprint density at radius 3 is 2.07 bits per heavy atom. The van der Waals surface area contributed by atoms with E-state index in [-0.39, 0.29) is 24.2 Å². The van der Waals surface area contributed by atoms with Gasteiger partial charge in [-0.25, -0.2) is 0 Å². The van der Waals surface area contributed by atoms with Crippen LogP contribution in [0.15, 0.2) is 0 Å². The Bertz CT molecular complexity index is 175. The Morgan fingerprint density at radius 2 is 1.79 bits per heavy atom. The summed E-state index contributed by atoms with van der Waals surface area (Å²) in [5.41, 5.74) is 5.49. The number of rotatable bonds is 4. The molecular weight excluding hydrogens is 206 g/mol. The highest BCUT2D eigenvalue weighted by Gasteiger charge is 2.29. The maximum Gasteiger partial charge on any atom is 0.325 e. The zero-order valence-corrected chi connectivity index (χ0v) is 9.88. The molecule has 5 heteroatoms. The Morgan fingerprint density at radius 1 is 1.36 bits per heavy atom. The molecule has 0 bridgehead atoms. The first kappa shape index (κ1) is 16.1. The molecule has 14 heavy (non-hydrogen) atoms. The highest BCUT2D eigenvalue weighted by Crippen LogP contribution is 2.16. The number of hydrogen-bond donors (Lipinski definition) is 2. The van der Waals surface area contributed by atoms with E-state index < -0.39 is 18.1 Å². The highest BCUT2D eigenvalue weighted by molar-refractivity contribution is 5.85. The summed E-state index contributed by atoms with van der Waals surface area (Å²) in [6.45, 7) is 5.80. The normalized spacial score (nSPS) is 16.8. The minimum atomic E-state index is -0.942. The molecule has 0 spiro atoms. The van der Waals surface area contributed by atoms with Gasteiger partial charge in [-0.3, -0.25) is 4.79 Å². The quantitative estimate of drug-likeness (QED) is 0.686. The molecular formula is C9H20ClNO3. The molecule has 0 saturated carbocycles. The Hall–Kier alpha value is -0.320. The molecule has 0 aromatic carbocycles. The van der Waals surface area contributed by atoms with Crippen molar-refractivity contribution < 1.29 is 14.6 Å². The predicted octanol–water partition coefficient (Wildman–Crippen LogP) is 0.561. The molecule has 86 valence electrons. The molecule has 3 atom stereocenters. The van der Waals surface area contributed by atoms with Crippen molar-refractivity contribution in [2.45, 2.75) is 32.9 Å². The van der Waals surface area contributed by atoms with Gasteiger partial charge in [-0.05, 0) is 11.8 Å². The van der Waals surface area contributed by atoms with Gasteiger partial charge >= 0.3 is 5.97 Å². The minimum Gasteiger partial charge on any atom is -0.468 e. The molecule has 0 amide bonds. The lowest BCUT2D eigenvalue weighted by Gasteiger charge is -2.25. The molecule has 4 nitrogen and oxygen atoms in total. The van der Waals surface area contributed by atoms with Crippen molar-refractivity contribution in [1.82, 2.24) is 0 Å². The number of aliphatic hydroxyl groups excluding tert-OH is 1. The van der Waals surface area contributed by atoms with E-state index in [1.165, 1.54) is 7.11 Å². The lowest BCUT2D eigenvalue weighted by Crippen LogP contribution is -2.46. The Balaban J connectivity index is 0. The van der Waals surface area contributed by atoms with Crippen LogP contribution >= 0.6 is 12.4 Å². The van der Waals surface area contributed by atoms with Crippen LogP contribution in [0.4, 0.5) is 0 Å². The monoisotopic (exact) mass is 225 g/mol. The second-order valence-electron chi connectivity index (χ2n) is 3.64. The van der Waals surface area contributed by atoms with Gasteiger partial charge in [0.2, 0.25) is 0 Å². The SMILES string of the molecule is COC(=O)[C@H](N)[C@H](O)[C@H](C)C(C)C.Cl. The van der Waals surface area contributed by atoms with Crippen LogP contribution in [-0.4, -0.2) is 30.3 Å². The summed E-state index contributed by atoms with van der Waals surface area (Å²) in [5, 5.41) is 9.63. The molecule has 0 unspecified atom stereocenters. The van der Waals surface area contributed by atoms with Crippen molar-refractivity contribution >= 4 is 18.4 Å². The Labute approximate surface area is 91.2 Å². The third kappa shape index (κ3) is 4.26. The van der Waals surface area contributed by atoms with Crippen LogP contribution < -0.4 is 5.73 Å². The fraction of sp³-hybridized carbons (Fsp3) is 0.889. The van der Waals surface area contributed by atoms with Crippen LogP contribution in [0.2, 0.25) is 0 Å². The third-order valence-corrected chi connectivity index (χ3v) is 2.43. The van der Waals surface area contributed by atoms with Crippen LogP contribution in [0.3, 0.4) is 0 Å². The summed E-state index contributed by atoms with van der Waals surface area (Å²) >= 11 is 0.